The molecule has 0 saturated carbocycles. The number of nitrogens with zero attached hydrogens (tertiary/aromatic N) is 2. The lowest BCUT2D eigenvalue weighted by Crippen LogP contribution is -2.15. The van der Waals surface area contributed by atoms with Gasteiger partial charge in [-0.1, -0.05) is 36.7 Å². The lowest BCUT2D eigenvalue weighted by Gasteiger charge is -2.14. The Hall–Kier alpha value is -1.27. The van der Waals surface area contributed by atoms with E-state index in [0.29, 0.717) is 12.2 Å². The zero-order valence-corrected chi connectivity index (χ0v) is 16.3. The van der Waals surface area contributed by atoms with E-state index in [-0.39, 0.29) is 11.3 Å². The number of nitrogens with one attached hydrogen (secondary N) is 1. The Bertz CT molecular complexity index is 674. The molecule has 124 valence electrons. The largest absolute Gasteiger partial charge is 0.311 e. The Morgan fingerprint density at radius 3 is 2.52 bits per heavy atom. The molecule has 0 unspecified atom stereocenters. The molecule has 0 radical (unpaired) electrons. The summed E-state index contributed by atoms with van der Waals surface area (Å²) in [4.78, 5) is 12.1. The van der Waals surface area contributed by atoms with Gasteiger partial charge in [0, 0.05) is 28.1 Å². The molecule has 0 fully saturated rings. The summed E-state index contributed by atoms with van der Waals surface area (Å²) in [6.07, 6.45) is 2.49. The Kier molecular flexibility index (Phi) is 5.92. The number of anilines is 1. The van der Waals surface area contributed by atoms with Gasteiger partial charge < -0.3 is 5.32 Å². The normalized spacial score (nSPS) is 11.5. The van der Waals surface area contributed by atoms with Gasteiger partial charge in [0.1, 0.15) is 5.82 Å². The first-order valence-electron chi connectivity index (χ1n) is 7.46. The van der Waals surface area contributed by atoms with E-state index in [1.54, 1.807) is 16.4 Å². The lowest BCUT2D eigenvalue weighted by atomic mass is 9.92. The van der Waals surface area contributed by atoms with Gasteiger partial charge in [-0.2, -0.15) is 16.9 Å². The number of amides is 1. The molecule has 1 N–H and O–H groups in total. The molecule has 1 aromatic heterocycles. The monoisotopic (exact) mass is 395 g/mol. The Morgan fingerprint density at radius 2 is 1.96 bits per heavy atom. The third kappa shape index (κ3) is 4.85. The van der Waals surface area contributed by atoms with Crippen molar-refractivity contribution in [2.75, 3.05) is 17.3 Å². The van der Waals surface area contributed by atoms with Crippen molar-refractivity contribution in [2.45, 2.75) is 32.6 Å². The fraction of sp³-hybridized carbons (Fsp3) is 0.412. The average Bonchev–Trinajstić information content (AvgIpc) is 2.90. The number of carbonyl (C=O) groups excluding carboxylic acids is 1. The summed E-state index contributed by atoms with van der Waals surface area (Å²) >= 11 is 5.10. The van der Waals surface area contributed by atoms with Gasteiger partial charge in [0.05, 0.1) is 11.4 Å². The Morgan fingerprint density at radius 1 is 1.30 bits per heavy atom. The predicted octanol–water partition coefficient (Wildman–Crippen LogP) is 4.62. The van der Waals surface area contributed by atoms with Crippen molar-refractivity contribution in [3.8, 4) is 5.69 Å². The van der Waals surface area contributed by atoms with Crippen LogP contribution in [0.3, 0.4) is 0 Å². The van der Waals surface area contributed by atoms with Gasteiger partial charge in [0.15, 0.2) is 0 Å². The number of carbonyl (C=O) groups is 1. The minimum Gasteiger partial charge on any atom is -0.311 e. The molecule has 0 aliphatic rings. The van der Waals surface area contributed by atoms with Crippen LogP contribution in [-0.2, 0) is 10.2 Å². The number of hydrogen-bond acceptors (Lipinski definition) is 3. The molecular weight excluding hydrogens is 374 g/mol. The van der Waals surface area contributed by atoms with Crippen LogP contribution < -0.4 is 5.32 Å². The molecule has 1 aromatic carbocycles. The maximum atomic E-state index is 12.1. The van der Waals surface area contributed by atoms with E-state index in [0.717, 1.165) is 21.6 Å². The van der Waals surface area contributed by atoms with Gasteiger partial charge in [-0.3, -0.25) is 4.79 Å². The van der Waals surface area contributed by atoms with Gasteiger partial charge in [-0.05, 0) is 30.5 Å². The molecule has 4 nitrogen and oxygen atoms in total. The van der Waals surface area contributed by atoms with Crippen LogP contribution >= 0.6 is 27.7 Å². The maximum Gasteiger partial charge on any atom is 0.226 e. The summed E-state index contributed by atoms with van der Waals surface area (Å²) in [6.45, 7) is 6.34. The third-order valence-corrected chi connectivity index (χ3v) is 4.49. The van der Waals surface area contributed by atoms with Crippen LogP contribution in [-0.4, -0.2) is 27.7 Å². The first-order valence-corrected chi connectivity index (χ1v) is 9.65. The smallest absolute Gasteiger partial charge is 0.226 e. The molecule has 0 aliphatic carbocycles. The van der Waals surface area contributed by atoms with Crippen LogP contribution in [0.15, 0.2) is 34.8 Å². The topological polar surface area (TPSA) is 46.9 Å². The number of rotatable bonds is 5. The second kappa shape index (κ2) is 7.53. The fourth-order valence-electron chi connectivity index (χ4n) is 2.02. The van der Waals surface area contributed by atoms with Crippen LogP contribution in [0.1, 0.15) is 32.9 Å². The minimum absolute atomic E-state index is 0.0121. The summed E-state index contributed by atoms with van der Waals surface area (Å²) in [6, 6.07) is 9.83. The zero-order valence-electron chi connectivity index (χ0n) is 13.9. The van der Waals surface area contributed by atoms with Crippen molar-refractivity contribution in [1.29, 1.82) is 0 Å². The summed E-state index contributed by atoms with van der Waals surface area (Å²) in [7, 11) is 0. The predicted molar refractivity (Wildman–Crippen MR) is 102 cm³/mol. The van der Waals surface area contributed by atoms with Crippen LogP contribution in [0.2, 0.25) is 0 Å². The van der Waals surface area contributed by atoms with Crippen molar-refractivity contribution in [1.82, 2.24) is 9.78 Å². The molecule has 6 heteroatoms. The third-order valence-electron chi connectivity index (χ3n) is 3.35. The molecule has 0 aliphatic heterocycles. The fourth-order valence-corrected chi connectivity index (χ4v) is 2.67. The van der Waals surface area contributed by atoms with Crippen molar-refractivity contribution in [2.24, 2.45) is 0 Å². The number of benzene rings is 1. The molecule has 0 bridgehead atoms. The maximum absolute atomic E-state index is 12.1. The number of hydrogen-bond donors (Lipinski definition) is 1. The number of aromatic nitrogens is 2. The van der Waals surface area contributed by atoms with Crippen molar-refractivity contribution < 1.29 is 4.79 Å². The van der Waals surface area contributed by atoms with Crippen LogP contribution in [0.5, 0.6) is 0 Å². The highest BCUT2D eigenvalue weighted by molar-refractivity contribution is 9.10. The van der Waals surface area contributed by atoms with Gasteiger partial charge in [0.25, 0.3) is 0 Å². The van der Waals surface area contributed by atoms with E-state index in [4.69, 9.17) is 5.10 Å². The second-order valence-electron chi connectivity index (χ2n) is 6.34. The summed E-state index contributed by atoms with van der Waals surface area (Å²) in [5.41, 5.74) is 1.78. The highest BCUT2D eigenvalue weighted by Crippen LogP contribution is 2.27. The molecule has 0 spiro atoms. The first kappa shape index (κ1) is 18.1. The van der Waals surface area contributed by atoms with Crippen LogP contribution in [0, 0.1) is 0 Å². The summed E-state index contributed by atoms with van der Waals surface area (Å²) in [5, 5.41) is 7.68. The summed E-state index contributed by atoms with van der Waals surface area (Å²) < 4.78 is 2.80. The molecule has 2 aromatic rings. The van der Waals surface area contributed by atoms with Gasteiger partial charge in [-0.25, -0.2) is 4.68 Å². The molecular formula is C17H22BrN3OS. The minimum atomic E-state index is -0.0840. The van der Waals surface area contributed by atoms with E-state index in [1.165, 1.54) is 0 Å². The van der Waals surface area contributed by atoms with E-state index in [2.05, 4.69) is 42.0 Å². The summed E-state index contributed by atoms with van der Waals surface area (Å²) in [5.74, 6) is 1.53. The molecule has 0 saturated heterocycles. The van der Waals surface area contributed by atoms with E-state index in [1.807, 2.05) is 36.6 Å². The average molecular weight is 396 g/mol. The molecule has 2 rings (SSSR count). The van der Waals surface area contributed by atoms with Crippen LogP contribution in [0.25, 0.3) is 5.69 Å². The number of halogens is 1. The molecule has 1 heterocycles. The van der Waals surface area contributed by atoms with Crippen LogP contribution in [0.4, 0.5) is 5.82 Å². The van der Waals surface area contributed by atoms with E-state index in [9.17, 15) is 4.79 Å². The number of thioether (sulfide) groups is 1. The van der Waals surface area contributed by atoms with Gasteiger partial charge >= 0.3 is 0 Å². The SMILES string of the molecule is CSCCC(=O)Nc1cc(C(C)(C)C)nn1-c1ccc(Br)cc1. The Balaban J connectivity index is 2.36. The highest BCUT2D eigenvalue weighted by Gasteiger charge is 2.21. The van der Waals surface area contributed by atoms with E-state index >= 15 is 0 Å². The van der Waals surface area contributed by atoms with E-state index < -0.39 is 0 Å². The van der Waals surface area contributed by atoms with Gasteiger partial charge in [0.2, 0.25) is 5.91 Å². The standard InChI is InChI=1S/C17H22BrN3OS/c1-17(2,3)14-11-15(19-16(22)9-10-23-4)21(20-14)13-7-5-12(18)6-8-13/h5-8,11H,9-10H2,1-4H3,(H,19,22). The zero-order chi connectivity index (χ0) is 17.0. The Labute approximate surface area is 150 Å². The quantitative estimate of drug-likeness (QED) is 0.802. The highest BCUT2D eigenvalue weighted by atomic mass is 79.9. The lowest BCUT2D eigenvalue weighted by molar-refractivity contribution is -0.115. The molecule has 1 amide bonds. The molecule has 0 atom stereocenters. The van der Waals surface area contributed by atoms with Crippen molar-refractivity contribution in [3.63, 3.8) is 0 Å². The van der Waals surface area contributed by atoms with Crippen molar-refractivity contribution >= 4 is 39.4 Å². The van der Waals surface area contributed by atoms with Crippen molar-refractivity contribution in [3.05, 3.63) is 40.5 Å². The first-order chi connectivity index (χ1) is 10.8. The molecule has 23 heavy (non-hydrogen) atoms. The second-order valence-corrected chi connectivity index (χ2v) is 8.25. The van der Waals surface area contributed by atoms with Gasteiger partial charge in [-0.15, -0.1) is 0 Å².